The van der Waals surface area contributed by atoms with Crippen LogP contribution in [0.1, 0.15) is 28.8 Å². The summed E-state index contributed by atoms with van der Waals surface area (Å²) in [6.45, 7) is 8.49. The Balaban J connectivity index is 1.30. The predicted molar refractivity (Wildman–Crippen MR) is 147 cm³/mol. The zero-order valence-electron chi connectivity index (χ0n) is 21.6. The van der Waals surface area contributed by atoms with Crippen LogP contribution in [0.3, 0.4) is 0 Å². The Morgan fingerprint density at radius 3 is 2.66 bits per heavy atom. The summed E-state index contributed by atoms with van der Waals surface area (Å²) in [6.07, 6.45) is 4.57. The van der Waals surface area contributed by atoms with E-state index in [2.05, 4.69) is 30.7 Å². The van der Waals surface area contributed by atoms with Gasteiger partial charge in [0.2, 0.25) is 5.91 Å². The lowest BCUT2D eigenvalue weighted by molar-refractivity contribution is -0.133. The third-order valence-corrected chi connectivity index (χ3v) is 7.72. The molecule has 0 saturated carbocycles. The number of likely N-dealkylation sites (tertiary alicyclic amines) is 1. The SMILES string of the molecule is N#Cc1ccc(Cn2cncc2CN(CCN2CCNCC2)[C@@H]2CCN(Cc3cccc(Cl)c3)C2=O)cc1. The minimum absolute atomic E-state index is 0.157. The Bertz CT molecular complexity index is 1260. The first-order valence-electron chi connectivity index (χ1n) is 13.3. The number of hydrogen-bond acceptors (Lipinski definition) is 6. The molecule has 5 rings (SSSR count). The smallest absolute Gasteiger partial charge is 0.240 e. The lowest BCUT2D eigenvalue weighted by atomic mass is 10.1. The molecular weight excluding hydrogens is 498 g/mol. The van der Waals surface area contributed by atoms with E-state index in [4.69, 9.17) is 16.9 Å². The van der Waals surface area contributed by atoms with Crippen molar-refractivity contribution in [2.75, 3.05) is 45.8 Å². The molecule has 0 bridgehead atoms. The van der Waals surface area contributed by atoms with Crippen molar-refractivity contribution in [3.8, 4) is 6.07 Å². The van der Waals surface area contributed by atoms with Crippen molar-refractivity contribution in [1.82, 2.24) is 29.6 Å². The molecule has 0 radical (unpaired) electrons. The Morgan fingerprint density at radius 1 is 1.08 bits per heavy atom. The molecule has 2 saturated heterocycles. The van der Waals surface area contributed by atoms with E-state index in [0.29, 0.717) is 30.2 Å². The summed E-state index contributed by atoms with van der Waals surface area (Å²) < 4.78 is 2.14. The van der Waals surface area contributed by atoms with Crippen LogP contribution in [0.2, 0.25) is 5.02 Å². The van der Waals surface area contributed by atoms with Gasteiger partial charge in [-0.25, -0.2) is 4.98 Å². The fourth-order valence-electron chi connectivity index (χ4n) is 5.34. The van der Waals surface area contributed by atoms with Gasteiger partial charge < -0.3 is 14.8 Å². The van der Waals surface area contributed by atoms with Crippen LogP contribution in [-0.4, -0.2) is 82.0 Å². The maximum Gasteiger partial charge on any atom is 0.240 e. The van der Waals surface area contributed by atoms with Crippen LogP contribution in [0.5, 0.6) is 0 Å². The molecule has 2 aromatic carbocycles. The number of halogens is 1. The van der Waals surface area contributed by atoms with Crippen LogP contribution in [0.4, 0.5) is 0 Å². The van der Waals surface area contributed by atoms with Gasteiger partial charge in [0.25, 0.3) is 0 Å². The molecule has 2 aliphatic heterocycles. The van der Waals surface area contributed by atoms with E-state index < -0.39 is 0 Å². The van der Waals surface area contributed by atoms with Gasteiger partial charge in [0.05, 0.1) is 29.7 Å². The predicted octanol–water partition coefficient (Wildman–Crippen LogP) is 2.96. The number of benzene rings is 2. The van der Waals surface area contributed by atoms with Gasteiger partial charge in [-0.05, 0) is 41.8 Å². The van der Waals surface area contributed by atoms with Gasteiger partial charge in [0, 0.05) is 76.7 Å². The van der Waals surface area contributed by atoms with Gasteiger partial charge >= 0.3 is 0 Å². The van der Waals surface area contributed by atoms with E-state index >= 15 is 0 Å². The number of carbonyl (C=O) groups is 1. The molecule has 0 aliphatic carbocycles. The fourth-order valence-corrected chi connectivity index (χ4v) is 5.55. The van der Waals surface area contributed by atoms with Crippen molar-refractivity contribution >= 4 is 17.5 Å². The molecule has 0 unspecified atom stereocenters. The van der Waals surface area contributed by atoms with Crippen LogP contribution >= 0.6 is 11.6 Å². The van der Waals surface area contributed by atoms with Crippen molar-refractivity contribution in [1.29, 1.82) is 5.26 Å². The lowest BCUT2D eigenvalue weighted by Crippen LogP contribution is -2.49. The highest BCUT2D eigenvalue weighted by atomic mass is 35.5. The lowest BCUT2D eigenvalue weighted by Gasteiger charge is -2.33. The summed E-state index contributed by atoms with van der Waals surface area (Å²) in [5.74, 6) is 0.184. The zero-order valence-corrected chi connectivity index (χ0v) is 22.4. The number of imidazole rings is 1. The summed E-state index contributed by atoms with van der Waals surface area (Å²) >= 11 is 6.19. The van der Waals surface area contributed by atoms with Gasteiger partial charge in [0.1, 0.15) is 0 Å². The van der Waals surface area contributed by atoms with E-state index in [-0.39, 0.29) is 11.9 Å². The summed E-state index contributed by atoms with van der Waals surface area (Å²) in [7, 11) is 0. The number of nitrogens with zero attached hydrogens (tertiary/aromatic N) is 6. The first-order valence-corrected chi connectivity index (χ1v) is 13.7. The van der Waals surface area contributed by atoms with E-state index in [1.54, 1.807) is 0 Å². The zero-order chi connectivity index (χ0) is 26.3. The maximum absolute atomic E-state index is 13.6. The fraction of sp³-hybridized carbons (Fsp3) is 0.414. The largest absolute Gasteiger partial charge is 0.337 e. The molecule has 1 aromatic heterocycles. The molecule has 3 aromatic rings. The molecule has 1 N–H and O–H groups in total. The molecule has 1 amide bonds. The quantitative estimate of drug-likeness (QED) is 0.433. The van der Waals surface area contributed by atoms with Crippen molar-refractivity contribution in [2.45, 2.75) is 32.1 Å². The van der Waals surface area contributed by atoms with E-state index in [1.165, 1.54) is 0 Å². The second-order valence-electron chi connectivity index (χ2n) is 10.1. The minimum atomic E-state index is -0.157. The number of carbonyl (C=O) groups excluding carboxylic acids is 1. The second-order valence-corrected chi connectivity index (χ2v) is 10.5. The van der Waals surface area contributed by atoms with Crippen molar-refractivity contribution in [3.05, 3.63) is 88.5 Å². The van der Waals surface area contributed by atoms with Gasteiger partial charge in [-0.3, -0.25) is 14.6 Å². The maximum atomic E-state index is 13.6. The van der Waals surface area contributed by atoms with E-state index in [1.807, 2.05) is 66.0 Å². The van der Waals surface area contributed by atoms with Gasteiger partial charge in [-0.15, -0.1) is 0 Å². The summed E-state index contributed by atoms with van der Waals surface area (Å²) in [5.41, 5.74) is 3.90. The molecule has 2 fully saturated rings. The first-order chi connectivity index (χ1) is 18.6. The average Bonchev–Trinajstić information content (AvgIpc) is 3.53. The summed E-state index contributed by atoms with van der Waals surface area (Å²) in [4.78, 5) is 24.8. The first kappa shape index (κ1) is 26.4. The van der Waals surface area contributed by atoms with E-state index in [0.717, 1.165) is 69.1 Å². The van der Waals surface area contributed by atoms with Crippen LogP contribution in [0.25, 0.3) is 0 Å². The highest BCUT2D eigenvalue weighted by Crippen LogP contribution is 2.23. The number of nitriles is 1. The van der Waals surface area contributed by atoms with Crippen LogP contribution in [0, 0.1) is 11.3 Å². The number of amides is 1. The average molecular weight is 532 g/mol. The number of piperazine rings is 1. The summed E-state index contributed by atoms with van der Waals surface area (Å²) in [6, 6.07) is 17.4. The molecule has 1 atom stereocenters. The Labute approximate surface area is 229 Å². The highest BCUT2D eigenvalue weighted by molar-refractivity contribution is 6.30. The third-order valence-electron chi connectivity index (χ3n) is 7.49. The molecule has 38 heavy (non-hydrogen) atoms. The Morgan fingerprint density at radius 2 is 1.89 bits per heavy atom. The Hall–Kier alpha value is -3.22. The normalized spacial score (nSPS) is 18.3. The molecular formula is C29H34ClN7O. The van der Waals surface area contributed by atoms with Crippen LogP contribution in [0.15, 0.2) is 61.1 Å². The van der Waals surface area contributed by atoms with Crippen LogP contribution < -0.4 is 5.32 Å². The number of rotatable bonds is 10. The number of nitrogens with one attached hydrogen (secondary N) is 1. The standard InChI is InChI=1S/C29H34ClN7O/c30-26-3-1-2-25(16-26)20-36-11-8-28(29(36)38)35(15-14-34-12-9-32-10-13-34)21-27-18-33-22-37(27)19-24-6-4-23(17-31)5-7-24/h1-7,16,18,22,28,32H,8-15,19-21H2/t28-/m1/s1. The van der Waals surface area contributed by atoms with Crippen molar-refractivity contribution in [3.63, 3.8) is 0 Å². The number of aromatic nitrogens is 2. The monoisotopic (exact) mass is 531 g/mol. The third kappa shape index (κ3) is 6.61. The molecule has 8 nitrogen and oxygen atoms in total. The second kappa shape index (κ2) is 12.5. The van der Waals surface area contributed by atoms with E-state index in [9.17, 15) is 4.79 Å². The molecule has 9 heteroatoms. The molecule has 198 valence electrons. The van der Waals surface area contributed by atoms with Gasteiger partial charge in [-0.2, -0.15) is 5.26 Å². The van der Waals surface area contributed by atoms with Crippen molar-refractivity contribution in [2.24, 2.45) is 0 Å². The number of hydrogen-bond donors (Lipinski definition) is 1. The topological polar surface area (TPSA) is 80.4 Å². The minimum Gasteiger partial charge on any atom is -0.337 e. The van der Waals surface area contributed by atoms with Gasteiger partial charge in [0.15, 0.2) is 0 Å². The molecule has 0 spiro atoms. The Kier molecular flexibility index (Phi) is 8.72. The van der Waals surface area contributed by atoms with Gasteiger partial charge in [-0.1, -0.05) is 35.9 Å². The highest BCUT2D eigenvalue weighted by Gasteiger charge is 2.36. The van der Waals surface area contributed by atoms with Crippen molar-refractivity contribution < 1.29 is 4.79 Å². The molecule has 3 heterocycles. The summed E-state index contributed by atoms with van der Waals surface area (Å²) in [5, 5.41) is 13.2. The van der Waals surface area contributed by atoms with Crippen LogP contribution in [-0.2, 0) is 24.4 Å². The molecule has 2 aliphatic rings.